The van der Waals surface area contributed by atoms with E-state index in [9.17, 15) is 5.11 Å². The fourth-order valence-corrected chi connectivity index (χ4v) is 2.19. The quantitative estimate of drug-likeness (QED) is 0.643. The average molecular weight is 199 g/mol. The minimum atomic E-state index is -0.235. The fraction of sp³-hybridized carbons (Fsp3) is 1.00. The Morgan fingerprint density at radius 1 is 1.29 bits per heavy atom. The van der Waals surface area contributed by atoms with Crippen molar-refractivity contribution in [1.82, 2.24) is 5.32 Å². The summed E-state index contributed by atoms with van der Waals surface area (Å²) in [6.07, 6.45) is 8.20. The van der Waals surface area contributed by atoms with Gasteiger partial charge in [-0.1, -0.05) is 25.7 Å². The maximum Gasteiger partial charge on any atom is 0.0662 e. The SMILES string of the molecule is CC(O)C(C)NCCCC1CCCC1. The molecule has 2 heteroatoms. The molecule has 0 aromatic carbocycles. The molecule has 1 fully saturated rings. The Morgan fingerprint density at radius 2 is 1.93 bits per heavy atom. The largest absolute Gasteiger partial charge is 0.392 e. The Morgan fingerprint density at radius 3 is 2.50 bits per heavy atom. The molecule has 0 bridgehead atoms. The molecule has 2 nitrogen and oxygen atoms in total. The summed E-state index contributed by atoms with van der Waals surface area (Å²) in [6.45, 7) is 4.94. The normalized spacial score (nSPS) is 22.5. The summed E-state index contributed by atoms with van der Waals surface area (Å²) in [7, 11) is 0. The van der Waals surface area contributed by atoms with Crippen molar-refractivity contribution in [2.24, 2.45) is 5.92 Å². The van der Waals surface area contributed by atoms with E-state index in [4.69, 9.17) is 0 Å². The zero-order chi connectivity index (χ0) is 10.4. The lowest BCUT2D eigenvalue weighted by Gasteiger charge is -2.17. The summed E-state index contributed by atoms with van der Waals surface area (Å²) in [5.74, 6) is 0.999. The van der Waals surface area contributed by atoms with Crippen LogP contribution in [0.3, 0.4) is 0 Å². The van der Waals surface area contributed by atoms with Crippen molar-refractivity contribution >= 4 is 0 Å². The van der Waals surface area contributed by atoms with Gasteiger partial charge in [0.1, 0.15) is 0 Å². The third kappa shape index (κ3) is 4.43. The molecule has 0 aromatic heterocycles. The molecule has 1 aliphatic carbocycles. The molecule has 0 amide bonds. The van der Waals surface area contributed by atoms with Crippen LogP contribution in [0, 0.1) is 5.92 Å². The first kappa shape index (κ1) is 12.0. The highest BCUT2D eigenvalue weighted by atomic mass is 16.3. The van der Waals surface area contributed by atoms with Crippen LogP contribution >= 0.6 is 0 Å². The summed E-state index contributed by atoms with van der Waals surface area (Å²) in [6, 6.07) is 0.235. The predicted molar refractivity (Wildman–Crippen MR) is 60.3 cm³/mol. The lowest BCUT2D eigenvalue weighted by atomic mass is 10.0. The van der Waals surface area contributed by atoms with E-state index < -0.39 is 0 Å². The molecule has 0 heterocycles. The summed E-state index contributed by atoms with van der Waals surface area (Å²) in [4.78, 5) is 0. The van der Waals surface area contributed by atoms with Gasteiger partial charge in [-0.3, -0.25) is 0 Å². The average Bonchev–Trinajstić information content (AvgIpc) is 2.64. The molecular formula is C12H25NO. The third-order valence-corrected chi connectivity index (χ3v) is 3.45. The Kier molecular flexibility index (Phi) is 5.49. The van der Waals surface area contributed by atoms with Crippen molar-refractivity contribution < 1.29 is 5.11 Å². The molecule has 0 saturated heterocycles. The van der Waals surface area contributed by atoms with E-state index in [2.05, 4.69) is 5.32 Å². The van der Waals surface area contributed by atoms with Gasteiger partial charge in [-0.05, 0) is 39.2 Å². The number of aliphatic hydroxyl groups excluding tert-OH is 1. The van der Waals surface area contributed by atoms with Crippen LogP contribution in [0.2, 0.25) is 0 Å². The highest BCUT2D eigenvalue weighted by Crippen LogP contribution is 2.28. The minimum Gasteiger partial charge on any atom is -0.392 e. The molecule has 0 spiro atoms. The van der Waals surface area contributed by atoms with Crippen LogP contribution in [-0.4, -0.2) is 23.8 Å². The standard InChI is InChI=1S/C12H25NO/c1-10(11(2)14)13-9-5-8-12-6-3-4-7-12/h10-14H,3-9H2,1-2H3. The van der Waals surface area contributed by atoms with Gasteiger partial charge in [0.2, 0.25) is 0 Å². The smallest absolute Gasteiger partial charge is 0.0662 e. The van der Waals surface area contributed by atoms with E-state index in [-0.39, 0.29) is 12.1 Å². The molecule has 2 unspecified atom stereocenters. The second kappa shape index (κ2) is 6.41. The van der Waals surface area contributed by atoms with Gasteiger partial charge in [-0.15, -0.1) is 0 Å². The summed E-state index contributed by atoms with van der Waals surface area (Å²) >= 11 is 0. The van der Waals surface area contributed by atoms with E-state index >= 15 is 0 Å². The lowest BCUT2D eigenvalue weighted by molar-refractivity contribution is 0.152. The van der Waals surface area contributed by atoms with E-state index in [1.54, 1.807) is 0 Å². The van der Waals surface area contributed by atoms with Gasteiger partial charge in [-0.2, -0.15) is 0 Å². The van der Waals surface area contributed by atoms with Gasteiger partial charge in [0.05, 0.1) is 6.10 Å². The van der Waals surface area contributed by atoms with Gasteiger partial charge in [0.25, 0.3) is 0 Å². The molecule has 0 aliphatic heterocycles. The fourth-order valence-electron chi connectivity index (χ4n) is 2.19. The molecule has 0 radical (unpaired) electrons. The number of hydrogen-bond acceptors (Lipinski definition) is 2. The van der Waals surface area contributed by atoms with Crippen molar-refractivity contribution in [3.63, 3.8) is 0 Å². The van der Waals surface area contributed by atoms with Crippen molar-refractivity contribution in [1.29, 1.82) is 0 Å². The second-order valence-electron chi connectivity index (χ2n) is 4.78. The topological polar surface area (TPSA) is 32.3 Å². The lowest BCUT2D eigenvalue weighted by Crippen LogP contribution is -2.36. The van der Waals surface area contributed by atoms with Gasteiger partial charge >= 0.3 is 0 Å². The van der Waals surface area contributed by atoms with Gasteiger partial charge < -0.3 is 10.4 Å². The first-order valence-electron chi connectivity index (χ1n) is 6.11. The van der Waals surface area contributed by atoms with Crippen LogP contribution in [0.4, 0.5) is 0 Å². The van der Waals surface area contributed by atoms with E-state index in [0.29, 0.717) is 0 Å². The first-order chi connectivity index (χ1) is 6.70. The molecule has 2 N–H and O–H groups in total. The van der Waals surface area contributed by atoms with Gasteiger partial charge in [-0.25, -0.2) is 0 Å². The highest BCUT2D eigenvalue weighted by Gasteiger charge is 2.14. The predicted octanol–water partition coefficient (Wildman–Crippen LogP) is 2.32. The van der Waals surface area contributed by atoms with Crippen LogP contribution in [0.1, 0.15) is 52.4 Å². The molecule has 14 heavy (non-hydrogen) atoms. The molecule has 1 aliphatic rings. The zero-order valence-corrected chi connectivity index (χ0v) is 9.63. The number of nitrogens with one attached hydrogen (secondary N) is 1. The molecule has 0 aromatic rings. The van der Waals surface area contributed by atoms with Crippen molar-refractivity contribution in [3.05, 3.63) is 0 Å². The van der Waals surface area contributed by atoms with E-state index in [1.165, 1.54) is 38.5 Å². The monoisotopic (exact) mass is 199 g/mol. The Hall–Kier alpha value is -0.0800. The van der Waals surface area contributed by atoms with Crippen molar-refractivity contribution in [2.45, 2.75) is 64.5 Å². The van der Waals surface area contributed by atoms with Crippen molar-refractivity contribution in [2.75, 3.05) is 6.54 Å². The van der Waals surface area contributed by atoms with E-state index in [0.717, 1.165) is 12.5 Å². The van der Waals surface area contributed by atoms with Crippen molar-refractivity contribution in [3.8, 4) is 0 Å². The molecular weight excluding hydrogens is 174 g/mol. The van der Waals surface area contributed by atoms with Crippen LogP contribution in [-0.2, 0) is 0 Å². The molecule has 84 valence electrons. The highest BCUT2D eigenvalue weighted by molar-refractivity contribution is 4.69. The van der Waals surface area contributed by atoms with Crippen LogP contribution in [0.25, 0.3) is 0 Å². The number of aliphatic hydroxyl groups is 1. The molecule has 1 saturated carbocycles. The van der Waals surface area contributed by atoms with Gasteiger partial charge in [0, 0.05) is 6.04 Å². The third-order valence-electron chi connectivity index (χ3n) is 3.45. The Labute approximate surface area is 88.1 Å². The maximum absolute atomic E-state index is 9.27. The number of rotatable bonds is 6. The maximum atomic E-state index is 9.27. The van der Waals surface area contributed by atoms with Gasteiger partial charge in [0.15, 0.2) is 0 Å². The summed E-state index contributed by atoms with van der Waals surface area (Å²) in [5.41, 5.74) is 0. The Bertz CT molecular complexity index is 137. The van der Waals surface area contributed by atoms with Crippen LogP contribution in [0.15, 0.2) is 0 Å². The zero-order valence-electron chi connectivity index (χ0n) is 9.63. The molecule has 1 rings (SSSR count). The summed E-state index contributed by atoms with van der Waals surface area (Å²) in [5, 5.41) is 12.6. The minimum absolute atomic E-state index is 0.235. The Balaban J connectivity index is 1.93. The van der Waals surface area contributed by atoms with E-state index in [1.807, 2.05) is 13.8 Å². The number of hydrogen-bond donors (Lipinski definition) is 2. The molecule has 2 atom stereocenters. The summed E-state index contributed by atoms with van der Waals surface area (Å²) < 4.78 is 0. The second-order valence-corrected chi connectivity index (χ2v) is 4.78. The van der Waals surface area contributed by atoms with Crippen LogP contribution < -0.4 is 5.32 Å². The first-order valence-corrected chi connectivity index (χ1v) is 6.11. The van der Waals surface area contributed by atoms with Crippen LogP contribution in [0.5, 0.6) is 0 Å².